The Labute approximate surface area is 254 Å². The van der Waals surface area contributed by atoms with Crippen LogP contribution in [0.4, 0.5) is 24.7 Å². The van der Waals surface area contributed by atoms with Crippen LogP contribution in [0.3, 0.4) is 0 Å². The topological polar surface area (TPSA) is 97.6 Å². The Bertz CT molecular complexity index is 2060. The van der Waals surface area contributed by atoms with Crippen LogP contribution in [0.2, 0.25) is 0 Å². The van der Waals surface area contributed by atoms with Gasteiger partial charge >= 0.3 is 6.18 Å². The third kappa shape index (κ3) is 5.37. The molecule has 0 bridgehead atoms. The number of carbonyl (C=O) groups excluding carboxylic acids is 1. The summed E-state index contributed by atoms with van der Waals surface area (Å²) in [5.74, 6) is 0.430. The van der Waals surface area contributed by atoms with Crippen molar-refractivity contribution in [2.24, 2.45) is 0 Å². The maximum absolute atomic E-state index is 13.9. The predicted octanol–water partition coefficient (Wildman–Crippen LogP) is 7.48. The lowest BCUT2D eigenvalue weighted by Crippen LogP contribution is -2.13. The lowest BCUT2D eigenvalue weighted by molar-refractivity contribution is -0.137. The van der Waals surface area contributed by atoms with Gasteiger partial charge in [0.2, 0.25) is 0 Å². The average Bonchev–Trinajstić information content (AvgIpc) is 3.51. The van der Waals surface area contributed by atoms with Gasteiger partial charge < -0.3 is 15.2 Å². The second-order valence-electron chi connectivity index (χ2n) is 11.0. The van der Waals surface area contributed by atoms with E-state index in [1.807, 2.05) is 19.1 Å². The Kier molecular flexibility index (Phi) is 6.80. The zero-order valence-electron chi connectivity index (χ0n) is 23.7. The largest absolute Gasteiger partial charge is 0.416 e. The van der Waals surface area contributed by atoms with Crippen LogP contribution >= 0.6 is 11.3 Å². The zero-order chi connectivity index (χ0) is 30.6. The molecule has 0 unspecified atom stereocenters. The summed E-state index contributed by atoms with van der Waals surface area (Å²) in [5, 5.41) is 9.73. The Hall–Kier alpha value is -4.84. The molecule has 0 atom stereocenters. The number of nitrogens with zero attached hydrogens (tertiary/aromatic N) is 5. The Morgan fingerprint density at radius 1 is 1.05 bits per heavy atom. The highest BCUT2D eigenvalue weighted by atomic mass is 32.1. The first-order valence-electron chi connectivity index (χ1n) is 14.0. The number of imidazole rings is 1. The van der Waals surface area contributed by atoms with Gasteiger partial charge in [-0.25, -0.2) is 15.0 Å². The van der Waals surface area contributed by atoms with Crippen molar-refractivity contribution in [1.82, 2.24) is 24.5 Å². The first kappa shape index (κ1) is 28.0. The van der Waals surface area contributed by atoms with Crippen molar-refractivity contribution >= 4 is 49.7 Å². The number of nitrogens with one attached hydrogen (secondary N) is 2. The van der Waals surface area contributed by atoms with Crippen molar-refractivity contribution in [2.75, 3.05) is 10.6 Å². The molecule has 2 N–H and O–H groups in total. The number of pyridine rings is 1. The average molecular weight is 614 g/mol. The summed E-state index contributed by atoms with van der Waals surface area (Å²) in [6, 6.07) is 9.96. The maximum Gasteiger partial charge on any atom is 0.416 e. The van der Waals surface area contributed by atoms with E-state index in [0.717, 1.165) is 51.8 Å². The highest BCUT2D eigenvalue weighted by Crippen LogP contribution is 2.36. The molecular formula is C32H26F3N7OS. The van der Waals surface area contributed by atoms with Gasteiger partial charge in [-0.05, 0) is 62.1 Å². The molecule has 0 spiro atoms. The van der Waals surface area contributed by atoms with Crippen LogP contribution in [0.15, 0.2) is 66.8 Å². The molecule has 1 saturated carbocycles. The fraction of sp³-hybridized carbons (Fsp3) is 0.219. The molecule has 0 saturated heterocycles. The second kappa shape index (κ2) is 10.7. The van der Waals surface area contributed by atoms with Gasteiger partial charge in [0.25, 0.3) is 5.91 Å². The molecule has 0 radical (unpaired) electrons. The van der Waals surface area contributed by atoms with Crippen LogP contribution in [0, 0.1) is 13.8 Å². The molecule has 1 amide bonds. The summed E-state index contributed by atoms with van der Waals surface area (Å²) in [5.41, 5.74) is 3.83. The highest BCUT2D eigenvalue weighted by Gasteiger charge is 2.31. The molecule has 12 heteroatoms. The van der Waals surface area contributed by atoms with E-state index in [1.165, 1.54) is 24.0 Å². The summed E-state index contributed by atoms with van der Waals surface area (Å²) < 4.78 is 44.1. The number of anilines is 2. The number of carbonyl (C=O) groups is 1. The Morgan fingerprint density at radius 2 is 1.89 bits per heavy atom. The Balaban J connectivity index is 1.23. The van der Waals surface area contributed by atoms with E-state index in [4.69, 9.17) is 0 Å². The summed E-state index contributed by atoms with van der Waals surface area (Å²) in [6.45, 7) is 3.68. The van der Waals surface area contributed by atoms with Crippen molar-refractivity contribution in [1.29, 1.82) is 0 Å². The van der Waals surface area contributed by atoms with Crippen molar-refractivity contribution in [3.8, 4) is 5.69 Å². The summed E-state index contributed by atoms with van der Waals surface area (Å²) in [4.78, 5) is 31.1. The Morgan fingerprint density at radius 3 is 2.64 bits per heavy atom. The summed E-state index contributed by atoms with van der Waals surface area (Å²) in [7, 11) is 0. The zero-order valence-corrected chi connectivity index (χ0v) is 24.6. The normalized spacial score (nSPS) is 13.5. The molecule has 0 aliphatic heterocycles. The minimum Gasteiger partial charge on any atom is -0.366 e. The van der Waals surface area contributed by atoms with E-state index in [2.05, 4.69) is 30.6 Å². The summed E-state index contributed by atoms with van der Waals surface area (Å²) >= 11 is 1.42. The van der Waals surface area contributed by atoms with Gasteiger partial charge in [-0.2, -0.15) is 13.2 Å². The number of hydrogen-bond donors (Lipinski definition) is 2. The molecule has 44 heavy (non-hydrogen) atoms. The van der Waals surface area contributed by atoms with Gasteiger partial charge in [-0.3, -0.25) is 9.78 Å². The standard InChI is InChI=1S/C32H26F3N7OS/c1-17-3-6-23-24(27(17)41-31(43)25-14-44-29-28(25)37-15-38-30(29)40-21-4-5-21)7-8-36-26(23)11-19-9-20(32(33,34)35)12-22(10-19)42-13-18(2)39-16-42/h3,6-10,12-16,21H,4-5,11H2,1-2H3,(H,41,43)(H,37,38,40). The molecule has 222 valence electrons. The third-order valence-corrected chi connectivity index (χ3v) is 8.65. The van der Waals surface area contributed by atoms with Gasteiger partial charge in [0.1, 0.15) is 12.1 Å². The maximum atomic E-state index is 13.9. The highest BCUT2D eigenvalue weighted by molar-refractivity contribution is 7.18. The number of aryl methyl sites for hydroxylation is 2. The number of aromatic nitrogens is 5. The number of rotatable bonds is 7. The lowest BCUT2D eigenvalue weighted by Gasteiger charge is -2.15. The number of amides is 1. The van der Waals surface area contributed by atoms with Gasteiger partial charge in [-0.1, -0.05) is 12.1 Å². The van der Waals surface area contributed by atoms with Gasteiger partial charge in [0.15, 0.2) is 0 Å². The van der Waals surface area contributed by atoms with Crippen LogP contribution in [0.5, 0.6) is 0 Å². The summed E-state index contributed by atoms with van der Waals surface area (Å²) in [6.07, 6.45) is 4.08. The molecule has 1 aliphatic rings. The van der Waals surface area contributed by atoms with Crippen molar-refractivity contribution < 1.29 is 18.0 Å². The van der Waals surface area contributed by atoms with E-state index < -0.39 is 11.7 Å². The van der Waals surface area contributed by atoms with Crippen LogP contribution in [-0.2, 0) is 12.6 Å². The molecule has 8 nitrogen and oxygen atoms in total. The molecule has 1 aliphatic carbocycles. The van der Waals surface area contributed by atoms with Crippen molar-refractivity contribution in [3.05, 3.63) is 100 Å². The molecule has 4 aromatic heterocycles. The molecule has 4 heterocycles. The first-order valence-corrected chi connectivity index (χ1v) is 14.9. The number of fused-ring (bicyclic) bond motifs is 2. The van der Waals surface area contributed by atoms with Crippen LogP contribution < -0.4 is 10.6 Å². The van der Waals surface area contributed by atoms with E-state index in [9.17, 15) is 18.0 Å². The quantitative estimate of drug-likeness (QED) is 0.194. The number of hydrogen-bond acceptors (Lipinski definition) is 7. The second-order valence-corrected chi connectivity index (χ2v) is 11.9. The smallest absolute Gasteiger partial charge is 0.366 e. The molecule has 6 aromatic rings. The predicted molar refractivity (Wildman–Crippen MR) is 165 cm³/mol. The first-order chi connectivity index (χ1) is 21.1. The molecule has 7 rings (SSSR count). The van der Waals surface area contributed by atoms with Crippen molar-refractivity contribution in [2.45, 2.75) is 45.3 Å². The number of benzene rings is 2. The molecule has 2 aromatic carbocycles. The van der Waals surface area contributed by atoms with Gasteiger partial charge in [0, 0.05) is 46.7 Å². The minimum atomic E-state index is -4.52. The molecule has 1 fully saturated rings. The number of thiophene rings is 1. The van der Waals surface area contributed by atoms with Crippen molar-refractivity contribution in [3.63, 3.8) is 0 Å². The van der Waals surface area contributed by atoms with Gasteiger partial charge in [0.05, 0.1) is 44.7 Å². The fourth-order valence-electron chi connectivity index (χ4n) is 5.29. The van der Waals surface area contributed by atoms with Gasteiger partial charge in [-0.15, -0.1) is 11.3 Å². The third-order valence-electron chi connectivity index (χ3n) is 7.68. The van der Waals surface area contributed by atoms with E-state index in [1.54, 1.807) is 41.4 Å². The van der Waals surface area contributed by atoms with Crippen LogP contribution in [0.25, 0.3) is 26.7 Å². The lowest BCUT2D eigenvalue weighted by atomic mass is 9.98. The van der Waals surface area contributed by atoms with Crippen LogP contribution in [0.1, 0.15) is 51.3 Å². The number of alkyl halides is 3. The van der Waals surface area contributed by atoms with E-state index in [-0.39, 0.29) is 12.3 Å². The van der Waals surface area contributed by atoms with E-state index in [0.29, 0.717) is 45.4 Å². The molecular weight excluding hydrogens is 587 g/mol. The number of halogens is 3. The fourth-order valence-corrected chi connectivity index (χ4v) is 6.24. The monoisotopic (exact) mass is 613 g/mol. The van der Waals surface area contributed by atoms with Crippen LogP contribution in [-0.4, -0.2) is 36.5 Å². The van der Waals surface area contributed by atoms with E-state index >= 15 is 0 Å². The SMILES string of the molecule is Cc1cn(-c2cc(Cc3nccc4c(NC(=O)c5csc6c(NC7CC7)ncnc56)c(C)ccc34)cc(C(F)(F)F)c2)cn1. The minimum absolute atomic E-state index is 0.154.